The lowest BCUT2D eigenvalue weighted by atomic mass is 10.3. The third-order valence-electron chi connectivity index (χ3n) is 2.02. The molecule has 1 aliphatic heterocycles. The van der Waals surface area contributed by atoms with Crippen LogP contribution in [0.4, 0.5) is 0 Å². The van der Waals surface area contributed by atoms with Gasteiger partial charge >= 0.3 is 0 Å². The van der Waals surface area contributed by atoms with Crippen molar-refractivity contribution >= 4 is 11.8 Å². The lowest BCUT2D eigenvalue weighted by molar-refractivity contribution is 0.0386. The topological polar surface area (TPSA) is 12.5 Å². The third kappa shape index (κ3) is 3.45. The molecule has 1 saturated heterocycles. The monoisotopic (exact) mass is 175 g/mol. The summed E-state index contributed by atoms with van der Waals surface area (Å²) in [6.07, 6.45) is 2.17. The molecule has 1 heterocycles. The van der Waals surface area contributed by atoms with Crippen LogP contribution in [0.15, 0.2) is 0 Å². The number of rotatable bonds is 3. The predicted octanol–water partition coefficient (Wildman–Crippen LogP) is 1.07. The molecule has 0 spiro atoms. The Morgan fingerprint density at radius 2 is 2.09 bits per heavy atom. The van der Waals surface area contributed by atoms with E-state index >= 15 is 0 Å². The summed E-state index contributed by atoms with van der Waals surface area (Å²) >= 11 is 1.94. The molecule has 11 heavy (non-hydrogen) atoms. The number of morpholine rings is 1. The van der Waals surface area contributed by atoms with Crippen LogP contribution < -0.4 is 0 Å². The molecule has 0 aromatic rings. The van der Waals surface area contributed by atoms with Crippen LogP contribution in [0.2, 0.25) is 0 Å². The SMILES string of the molecule is CSC(C)CN1CCOCC1. The predicted molar refractivity (Wildman–Crippen MR) is 50.2 cm³/mol. The Bertz CT molecular complexity index is 104. The third-order valence-corrected chi connectivity index (χ3v) is 2.98. The van der Waals surface area contributed by atoms with Crippen molar-refractivity contribution in [2.75, 3.05) is 39.1 Å². The first-order chi connectivity index (χ1) is 5.33. The van der Waals surface area contributed by atoms with Crippen LogP contribution in [-0.4, -0.2) is 49.3 Å². The highest BCUT2D eigenvalue weighted by Crippen LogP contribution is 2.08. The van der Waals surface area contributed by atoms with Crippen molar-refractivity contribution in [3.63, 3.8) is 0 Å². The van der Waals surface area contributed by atoms with Gasteiger partial charge in [-0.05, 0) is 6.26 Å². The Kier molecular flexibility index (Phi) is 4.26. The number of ether oxygens (including phenoxy) is 1. The molecule has 66 valence electrons. The minimum Gasteiger partial charge on any atom is -0.379 e. The van der Waals surface area contributed by atoms with E-state index in [0.29, 0.717) is 0 Å². The van der Waals surface area contributed by atoms with E-state index in [1.165, 1.54) is 6.54 Å². The molecule has 0 N–H and O–H groups in total. The molecule has 2 nitrogen and oxygen atoms in total. The summed E-state index contributed by atoms with van der Waals surface area (Å²) in [6.45, 7) is 7.56. The lowest BCUT2D eigenvalue weighted by Gasteiger charge is -2.28. The van der Waals surface area contributed by atoms with E-state index in [0.717, 1.165) is 31.6 Å². The average Bonchev–Trinajstić information content (AvgIpc) is 2.06. The standard InChI is InChI=1S/C8H17NOS/c1-8(11-2)7-9-3-5-10-6-4-9/h8H,3-7H2,1-2H3. The maximum atomic E-state index is 5.27. The van der Waals surface area contributed by atoms with Gasteiger partial charge < -0.3 is 4.74 Å². The Morgan fingerprint density at radius 3 is 2.64 bits per heavy atom. The molecule has 0 aromatic carbocycles. The molecule has 0 bridgehead atoms. The first-order valence-electron chi connectivity index (χ1n) is 4.16. The van der Waals surface area contributed by atoms with Crippen LogP contribution in [0.5, 0.6) is 0 Å². The van der Waals surface area contributed by atoms with Crippen molar-refractivity contribution < 1.29 is 4.74 Å². The number of hydrogen-bond donors (Lipinski definition) is 0. The van der Waals surface area contributed by atoms with Crippen molar-refractivity contribution in [1.82, 2.24) is 4.90 Å². The van der Waals surface area contributed by atoms with E-state index in [9.17, 15) is 0 Å². The molecule has 0 saturated carbocycles. The summed E-state index contributed by atoms with van der Waals surface area (Å²) in [4.78, 5) is 2.48. The fourth-order valence-corrected chi connectivity index (χ4v) is 1.58. The summed E-state index contributed by atoms with van der Waals surface area (Å²) in [6, 6.07) is 0. The van der Waals surface area contributed by atoms with Gasteiger partial charge in [-0.25, -0.2) is 0 Å². The fourth-order valence-electron chi connectivity index (χ4n) is 1.22. The Hall–Kier alpha value is 0.270. The smallest absolute Gasteiger partial charge is 0.0594 e. The van der Waals surface area contributed by atoms with Crippen molar-refractivity contribution in [2.24, 2.45) is 0 Å². The zero-order valence-electron chi connectivity index (χ0n) is 7.38. The molecule has 0 aliphatic carbocycles. The Labute approximate surface area is 73.3 Å². The van der Waals surface area contributed by atoms with Gasteiger partial charge in [-0.2, -0.15) is 11.8 Å². The lowest BCUT2D eigenvalue weighted by Crippen LogP contribution is -2.39. The highest BCUT2D eigenvalue weighted by Gasteiger charge is 2.12. The number of hydrogen-bond acceptors (Lipinski definition) is 3. The van der Waals surface area contributed by atoms with Gasteiger partial charge in [-0.15, -0.1) is 0 Å². The molecule has 0 amide bonds. The van der Waals surface area contributed by atoms with E-state index in [-0.39, 0.29) is 0 Å². The minimum atomic E-state index is 0.757. The van der Waals surface area contributed by atoms with Crippen LogP contribution in [0, 0.1) is 0 Å². The summed E-state index contributed by atoms with van der Waals surface area (Å²) < 4.78 is 5.27. The second-order valence-electron chi connectivity index (χ2n) is 2.96. The van der Waals surface area contributed by atoms with Gasteiger partial charge in [0.1, 0.15) is 0 Å². The average molecular weight is 175 g/mol. The van der Waals surface area contributed by atoms with Gasteiger partial charge in [-0.1, -0.05) is 6.92 Å². The zero-order chi connectivity index (χ0) is 8.10. The summed E-state index contributed by atoms with van der Waals surface area (Å²) in [7, 11) is 0. The summed E-state index contributed by atoms with van der Waals surface area (Å²) in [5.74, 6) is 0. The normalized spacial score (nSPS) is 23.5. The number of thioether (sulfide) groups is 1. The maximum Gasteiger partial charge on any atom is 0.0594 e. The quantitative estimate of drug-likeness (QED) is 0.636. The molecule has 1 atom stereocenters. The van der Waals surface area contributed by atoms with E-state index < -0.39 is 0 Å². The molecular weight excluding hydrogens is 158 g/mol. The molecule has 0 radical (unpaired) electrons. The van der Waals surface area contributed by atoms with E-state index in [1.54, 1.807) is 0 Å². The minimum absolute atomic E-state index is 0.757. The first-order valence-corrected chi connectivity index (χ1v) is 5.44. The van der Waals surface area contributed by atoms with Crippen molar-refractivity contribution in [3.8, 4) is 0 Å². The Morgan fingerprint density at radius 1 is 1.45 bits per heavy atom. The highest BCUT2D eigenvalue weighted by molar-refractivity contribution is 7.99. The second-order valence-corrected chi connectivity index (χ2v) is 4.24. The summed E-state index contributed by atoms with van der Waals surface area (Å²) in [5.41, 5.74) is 0. The summed E-state index contributed by atoms with van der Waals surface area (Å²) in [5, 5.41) is 0.757. The second kappa shape index (κ2) is 5.01. The zero-order valence-corrected chi connectivity index (χ0v) is 8.19. The van der Waals surface area contributed by atoms with Crippen molar-refractivity contribution in [1.29, 1.82) is 0 Å². The van der Waals surface area contributed by atoms with Gasteiger partial charge in [0, 0.05) is 24.9 Å². The van der Waals surface area contributed by atoms with E-state index in [4.69, 9.17) is 4.74 Å². The van der Waals surface area contributed by atoms with Crippen molar-refractivity contribution in [2.45, 2.75) is 12.2 Å². The number of nitrogens with zero attached hydrogens (tertiary/aromatic N) is 1. The highest BCUT2D eigenvalue weighted by atomic mass is 32.2. The van der Waals surface area contributed by atoms with Gasteiger partial charge in [0.15, 0.2) is 0 Å². The van der Waals surface area contributed by atoms with Gasteiger partial charge in [0.2, 0.25) is 0 Å². The van der Waals surface area contributed by atoms with Gasteiger partial charge in [0.25, 0.3) is 0 Å². The Balaban J connectivity index is 2.13. The van der Waals surface area contributed by atoms with Crippen LogP contribution in [-0.2, 0) is 4.74 Å². The van der Waals surface area contributed by atoms with Crippen LogP contribution in [0.3, 0.4) is 0 Å². The molecule has 3 heteroatoms. The van der Waals surface area contributed by atoms with E-state index in [2.05, 4.69) is 18.1 Å². The molecule has 1 fully saturated rings. The van der Waals surface area contributed by atoms with Crippen LogP contribution in [0.25, 0.3) is 0 Å². The van der Waals surface area contributed by atoms with Gasteiger partial charge in [0.05, 0.1) is 13.2 Å². The molecule has 1 rings (SSSR count). The largest absolute Gasteiger partial charge is 0.379 e. The molecular formula is C8H17NOS. The fraction of sp³-hybridized carbons (Fsp3) is 1.00. The van der Waals surface area contributed by atoms with Crippen LogP contribution >= 0.6 is 11.8 Å². The van der Waals surface area contributed by atoms with E-state index in [1.807, 2.05) is 11.8 Å². The maximum absolute atomic E-state index is 5.27. The van der Waals surface area contributed by atoms with Crippen molar-refractivity contribution in [3.05, 3.63) is 0 Å². The molecule has 1 unspecified atom stereocenters. The van der Waals surface area contributed by atoms with Gasteiger partial charge in [-0.3, -0.25) is 4.90 Å². The molecule has 1 aliphatic rings. The first kappa shape index (κ1) is 9.36. The molecule has 0 aromatic heterocycles. The van der Waals surface area contributed by atoms with Crippen LogP contribution in [0.1, 0.15) is 6.92 Å².